The average molecular weight is 306 g/mol. The number of carboxylic acid groups (broad SMARTS) is 1. The molecule has 0 amide bonds. The first kappa shape index (κ1) is 14.6. The zero-order valence-electron chi connectivity index (χ0n) is 11.5. The Hall–Kier alpha value is -2.30. The van der Waals surface area contributed by atoms with Gasteiger partial charge in [0, 0.05) is 0 Å². The van der Waals surface area contributed by atoms with Crippen LogP contribution in [-0.2, 0) is 16.4 Å². The van der Waals surface area contributed by atoms with E-state index >= 15 is 0 Å². The molecule has 0 saturated heterocycles. The molecule has 114 valence electrons. The largest absolute Gasteiger partial charge is 0.481 e. The monoisotopic (exact) mass is 306 g/mol. The summed E-state index contributed by atoms with van der Waals surface area (Å²) in [6.07, 6.45) is -3.09. The Morgan fingerprint density at radius 2 is 1.36 bits per heavy atom. The number of carbonyl (C=O) groups is 1. The Morgan fingerprint density at radius 1 is 0.909 bits per heavy atom. The van der Waals surface area contributed by atoms with Crippen LogP contribution in [0.1, 0.15) is 24.0 Å². The molecule has 1 saturated carbocycles. The summed E-state index contributed by atoms with van der Waals surface area (Å²) in [6.45, 7) is 0. The van der Waals surface area contributed by atoms with Crippen molar-refractivity contribution in [2.24, 2.45) is 0 Å². The van der Waals surface area contributed by atoms with Crippen LogP contribution in [-0.4, -0.2) is 11.1 Å². The van der Waals surface area contributed by atoms with Gasteiger partial charge in [0.25, 0.3) is 0 Å². The minimum atomic E-state index is -4.35. The van der Waals surface area contributed by atoms with Gasteiger partial charge in [-0.15, -0.1) is 0 Å². The van der Waals surface area contributed by atoms with Gasteiger partial charge in [-0.05, 0) is 41.7 Å². The van der Waals surface area contributed by atoms with Crippen LogP contribution in [0, 0.1) is 0 Å². The first-order valence-corrected chi connectivity index (χ1v) is 6.84. The first-order chi connectivity index (χ1) is 10.3. The summed E-state index contributed by atoms with van der Waals surface area (Å²) in [7, 11) is 0. The van der Waals surface area contributed by atoms with Crippen LogP contribution in [0.15, 0.2) is 48.5 Å². The Bertz CT molecular complexity index is 696. The molecule has 2 aromatic carbocycles. The van der Waals surface area contributed by atoms with E-state index in [1.54, 1.807) is 24.3 Å². The Balaban J connectivity index is 1.86. The zero-order valence-corrected chi connectivity index (χ0v) is 11.5. The van der Waals surface area contributed by atoms with E-state index in [1.165, 1.54) is 12.1 Å². The summed E-state index contributed by atoms with van der Waals surface area (Å²) in [5.41, 5.74) is 0.725. The Labute approximate surface area is 125 Å². The van der Waals surface area contributed by atoms with Crippen LogP contribution in [0.25, 0.3) is 11.1 Å². The maximum absolute atomic E-state index is 12.5. The van der Waals surface area contributed by atoms with E-state index in [-0.39, 0.29) is 0 Å². The van der Waals surface area contributed by atoms with Crippen LogP contribution in [0.3, 0.4) is 0 Å². The molecule has 1 aliphatic rings. The van der Waals surface area contributed by atoms with E-state index in [2.05, 4.69) is 0 Å². The van der Waals surface area contributed by atoms with Gasteiger partial charge in [0.2, 0.25) is 0 Å². The lowest BCUT2D eigenvalue weighted by Crippen LogP contribution is -2.19. The van der Waals surface area contributed by atoms with Gasteiger partial charge in [0.1, 0.15) is 0 Å². The first-order valence-electron chi connectivity index (χ1n) is 6.84. The standard InChI is InChI=1S/C17H13F3O2/c18-17(19,20)14-7-3-12(4-8-14)11-1-5-13(6-2-11)16(9-10-16)15(21)22/h1-8H,9-10H2,(H,21,22). The van der Waals surface area contributed by atoms with Gasteiger partial charge in [-0.1, -0.05) is 36.4 Å². The summed E-state index contributed by atoms with van der Waals surface area (Å²) in [5.74, 6) is -0.824. The molecule has 0 spiro atoms. The normalized spacial score (nSPS) is 16.3. The van der Waals surface area contributed by atoms with E-state index in [0.717, 1.165) is 23.3 Å². The number of carboxylic acids is 1. The van der Waals surface area contributed by atoms with Crippen LogP contribution in [0.5, 0.6) is 0 Å². The summed E-state index contributed by atoms with van der Waals surface area (Å²) in [6, 6.07) is 11.9. The molecule has 3 rings (SSSR count). The zero-order chi connectivity index (χ0) is 16.0. The van der Waals surface area contributed by atoms with Gasteiger partial charge in [-0.25, -0.2) is 0 Å². The molecule has 0 atom stereocenters. The van der Waals surface area contributed by atoms with Gasteiger partial charge in [0.05, 0.1) is 11.0 Å². The minimum absolute atomic E-state index is 0.627. The van der Waals surface area contributed by atoms with E-state index < -0.39 is 23.1 Å². The second-order valence-corrected chi connectivity index (χ2v) is 5.54. The molecule has 1 aliphatic carbocycles. The number of benzene rings is 2. The third-order valence-corrected chi connectivity index (χ3v) is 4.14. The summed E-state index contributed by atoms with van der Waals surface area (Å²) in [5, 5.41) is 9.24. The smallest absolute Gasteiger partial charge is 0.416 e. The SMILES string of the molecule is O=C(O)C1(c2ccc(-c3ccc(C(F)(F)F)cc3)cc2)CC1. The summed E-state index contributed by atoms with van der Waals surface area (Å²) in [4.78, 5) is 11.3. The van der Waals surface area contributed by atoms with Crippen LogP contribution in [0.4, 0.5) is 13.2 Å². The fourth-order valence-corrected chi connectivity index (χ4v) is 2.58. The van der Waals surface area contributed by atoms with Crippen LogP contribution >= 0.6 is 0 Å². The molecule has 22 heavy (non-hydrogen) atoms. The number of hydrogen-bond donors (Lipinski definition) is 1. The van der Waals surface area contributed by atoms with E-state index in [1.807, 2.05) is 0 Å². The Kier molecular flexibility index (Phi) is 3.24. The molecule has 0 aromatic heterocycles. The van der Waals surface area contributed by atoms with Crippen molar-refractivity contribution in [3.8, 4) is 11.1 Å². The third-order valence-electron chi connectivity index (χ3n) is 4.14. The maximum atomic E-state index is 12.5. The number of rotatable bonds is 3. The van der Waals surface area contributed by atoms with Crippen molar-refractivity contribution >= 4 is 5.97 Å². The molecule has 2 nitrogen and oxygen atoms in total. The third kappa shape index (κ3) is 2.47. The Morgan fingerprint density at radius 3 is 1.73 bits per heavy atom. The molecular formula is C17H13F3O2. The molecule has 0 unspecified atom stereocenters. The quantitative estimate of drug-likeness (QED) is 0.907. The van der Waals surface area contributed by atoms with Gasteiger partial charge in [-0.3, -0.25) is 4.79 Å². The topological polar surface area (TPSA) is 37.3 Å². The second-order valence-electron chi connectivity index (χ2n) is 5.54. The van der Waals surface area contributed by atoms with E-state index in [0.29, 0.717) is 18.4 Å². The maximum Gasteiger partial charge on any atom is 0.416 e. The molecule has 5 heteroatoms. The second kappa shape index (κ2) is 4.87. The van der Waals surface area contributed by atoms with E-state index in [4.69, 9.17) is 0 Å². The lowest BCUT2D eigenvalue weighted by molar-refractivity contribution is -0.140. The molecule has 0 aliphatic heterocycles. The van der Waals surface area contributed by atoms with Crippen molar-refractivity contribution in [1.29, 1.82) is 0 Å². The summed E-state index contributed by atoms with van der Waals surface area (Å²) < 4.78 is 37.6. The number of hydrogen-bond acceptors (Lipinski definition) is 1. The van der Waals surface area contributed by atoms with Crippen molar-refractivity contribution in [1.82, 2.24) is 0 Å². The average Bonchev–Trinajstić information content (AvgIpc) is 3.28. The number of halogens is 3. The predicted molar refractivity (Wildman–Crippen MR) is 75.4 cm³/mol. The minimum Gasteiger partial charge on any atom is -0.481 e. The predicted octanol–water partition coefficient (Wildman–Crippen LogP) is 4.49. The van der Waals surface area contributed by atoms with E-state index in [9.17, 15) is 23.1 Å². The fraction of sp³-hybridized carbons (Fsp3) is 0.235. The van der Waals surface area contributed by atoms with Crippen molar-refractivity contribution in [3.05, 3.63) is 59.7 Å². The number of alkyl halides is 3. The van der Waals surface area contributed by atoms with Crippen molar-refractivity contribution in [2.75, 3.05) is 0 Å². The molecule has 2 aromatic rings. The van der Waals surface area contributed by atoms with Gasteiger partial charge >= 0.3 is 12.1 Å². The fourth-order valence-electron chi connectivity index (χ4n) is 2.58. The van der Waals surface area contributed by atoms with Crippen LogP contribution in [0.2, 0.25) is 0 Å². The lowest BCUT2D eigenvalue weighted by atomic mass is 9.93. The number of aliphatic carboxylic acids is 1. The molecule has 0 radical (unpaired) electrons. The van der Waals surface area contributed by atoms with Crippen molar-refractivity contribution in [3.63, 3.8) is 0 Å². The highest BCUT2D eigenvalue weighted by Crippen LogP contribution is 2.48. The highest BCUT2D eigenvalue weighted by molar-refractivity contribution is 5.85. The molecule has 1 N–H and O–H groups in total. The lowest BCUT2D eigenvalue weighted by Gasteiger charge is -2.11. The summed E-state index contributed by atoms with van der Waals surface area (Å²) >= 11 is 0. The molecular weight excluding hydrogens is 293 g/mol. The molecule has 0 heterocycles. The highest BCUT2D eigenvalue weighted by Gasteiger charge is 2.51. The van der Waals surface area contributed by atoms with Gasteiger partial charge in [-0.2, -0.15) is 13.2 Å². The highest BCUT2D eigenvalue weighted by atomic mass is 19.4. The van der Waals surface area contributed by atoms with Gasteiger partial charge in [0.15, 0.2) is 0 Å². The van der Waals surface area contributed by atoms with Crippen LogP contribution < -0.4 is 0 Å². The van der Waals surface area contributed by atoms with Crippen molar-refractivity contribution < 1.29 is 23.1 Å². The van der Waals surface area contributed by atoms with Gasteiger partial charge < -0.3 is 5.11 Å². The molecule has 1 fully saturated rings. The molecule has 0 bridgehead atoms. The van der Waals surface area contributed by atoms with Crippen molar-refractivity contribution in [2.45, 2.75) is 24.4 Å².